The van der Waals surface area contributed by atoms with Gasteiger partial charge in [0.05, 0.1) is 6.10 Å². The molecule has 10 nitrogen and oxygen atoms in total. The Balaban J connectivity index is 1.95. The van der Waals surface area contributed by atoms with Crippen LogP contribution in [-0.4, -0.2) is 59.9 Å². The van der Waals surface area contributed by atoms with Gasteiger partial charge in [0.2, 0.25) is 0 Å². The number of amides is 3. The zero-order valence-electron chi connectivity index (χ0n) is 18.0. The number of carbonyl (C=O) groups is 3. The highest BCUT2D eigenvalue weighted by molar-refractivity contribution is 5.97. The third-order valence-electron chi connectivity index (χ3n) is 4.35. The van der Waals surface area contributed by atoms with Crippen molar-refractivity contribution in [2.75, 3.05) is 19.7 Å². The van der Waals surface area contributed by atoms with Gasteiger partial charge in [0.25, 0.3) is 17.7 Å². The van der Waals surface area contributed by atoms with Crippen LogP contribution in [0.25, 0.3) is 0 Å². The molecule has 0 saturated heterocycles. The Hall–Kier alpha value is -3.91. The van der Waals surface area contributed by atoms with Crippen molar-refractivity contribution in [3.8, 4) is 17.6 Å². The minimum absolute atomic E-state index is 0.104. The Labute approximate surface area is 191 Å². The first-order valence-corrected chi connectivity index (χ1v) is 10.1. The van der Waals surface area contributed by atoms with Crippen LogP contribution in [-0.2, 0) is 9.59 Å². The van der Waals surface area contributed by atoms with Crippen molar-refractivity contribution in [1.82, 2.24) is 16.1 Å². The molecule has 0 aromatic heterocycles. The quantitative estimate of drug-likeness (QED) is 0.169. The maximum atomic E-state index is 12.3. The predicted octanol–water partition coefficient (Wildman–Crippen LogP) is -0.475. The smallest absolute Gasteiger partial charge is 0.268 e. The van der Waals surface area contributed by atoms with Crippen LogP contribution < -0.4 is 26.6 Å². The fraction of sp³-hybridized carbons (Fsp3) is 0.261. The number of nitrogens with two attached hydrogens (primary N) is 1. The zero-order valence-corrected chi connectivity index (χ0v) is 18.0. The molecule has 0 aliphatic carbocycles. The van der Waals surface area contributed by atoms with Crippen LogP contribution in [0, 0.1) is 11.8 Å². The number of hydrogen-bond donors (Lipinski definition) is 6. The van der Waals surface area contributed by atoms with Crippen molar-refractivity contribution in [3.63, 3.8) is 0 Å². The molecule has 3 amide bonds. The Bertz CT molecular complexity index is 1010. The van der Waals surface area contributed by atoms with Crippen LogP contribution in [0.3, 0.4) is 0 Å². The van der Waals surface area contributed by atoms with Gasteiger partial charge in [-0.1, -0.05) is 11.8 Å². The van der Waals surface area contributed by atoms with E-state index in [1.165, 1.54) is 24.5 Å². The van der Waals surface area contributed by atoms with Gasteiger partial charge in [-0.3, -0.25) is 19.6 Å². The van der Waals surface area contributed by atoms with Gasteiger partial charge < -0.3 is 26.2 Å². The molecule has 0 spiro atoms. The van der Waals surface area contributed by atoms with Crippen LogP contribution in [0.15, 0.2) is 48.5 Å². The molecule has 0 radical (unpaired) electrons. The summed E-state index contributed by atoms with van der Waals surface area (Å²) in [5.74, 6) is 4.73. The molecule has 10 heteroatoms. The van der Waals surface area contributed by atoms with Crippen LogP contribution in [0.1, 0.15) is 28.4 Å². The van der Waals surface area contributed by atoms with Crippen molar-refractivity contribution in [3.05, 3.63) is 65.2 Å². The summed E-state index contributed by atoms with van der Waals surface area (Å²) >= 11 is 0. The lowest BCUT2D eigenvalue weighted by molar-refractivity contribution is -0.133. The van der Waals surface area contributed by atoms with Gasteiger partial charge >= 0.3 is 0 Å². The molecule has 0 fully saturated rings. The lowest BCUT2D eigenvalue weighted by Crippen LogP contribution is -2.51. The van der Waals surface area contributed by atoms with Crippen LogP contribution in [0.5, 0.6) is 5.75 Å². The van der Waals surface area contributed by atoms with E-state index < -0.39 is 24.0 Å². The van der Waals surface area contributed by atoms with Gasteiger partial charge in [-0.2, -0.15) is 0 Å². The summed E-state index contributed by atoms with van der Waals surface area (Å²) in [5, 5.41) is 23.3. The summed E-state index contributed by atoms with van der Waals surface area (Å²) < 4.78 is 5.39. The molecule has 0 saturated carbocycles. The van der Waals surface area contributed by atoms with Crippen molar-refractivity contribution in [1.29, 1.82) is 0 Å². The highest BCUT2D eigenvalue weighted by Gasteiger charge is 2.25. The maximum absolute atomic E-state index is 12.3. The SMILES string of the molecule is C[C@@H](O)[C@H](NC(=O)c1ccc(C#Cc2ccc(OCC(=O)NCCN)cc2)cc1)C(=O)NO. The van der Waals surface area contributed by atoms with E-state index in [1.54, 1.807) is 36.4 Å². The molecule has 0 aliphatic heterocycles. The Morgan fingerprint density at radius 3 is 2.12 bits per heavy atom. The van der Waals surface area contributed by atoms with Gasteiger partial charge in [-0.05, 0) is 55.5 Å². The predicted molar refractivity (Wildman–Crippen MR) is 119 cm³/mol. The molecule has 0 heterocycles. The molecule has 7 N–H and O–H groups in total. The summed E-state index contributed by atoms with van der Waals surface area (Å²) in [6, 6.07) is 12.0. The standard InChI is InChI=1S/C23H26N4O6/c1-15(28)21(23(31)27-32)26-22(30)18-8-4-16(5-9-18)2-3-17-6-10-19(11-7-17)33-14-20(29)25-13-12-24/h4-11,15,21,28,32H,12-14,24H2,1H3,(H,25,29)(H,26,30)(H,27,31)/t15-,21+/m1/s1. The van der Waals surface area contributed by atoms with E-state index in [9.17, 15) is 19.5 Å². The first kappa shape index (κ1) is 25.4. The molecular formula is C23H26N4O6. The van der Waals surface area contributed by atoms with E-state index in [2.05, 4.69) is 22.5 Å². The molecule has 2 aromatic rings. The number of aliphatic hydroxyl groups excluding tert-OH is 1. The molecule has 2 aromatic carbocycles. The minimum atomic E-state index is -1.30. The third kappa shape index (κ3) is 8.27. The van der Waals surface area contributed by atoms with E-state index in [0.717, 1.165) is 5.56 Å². The van der Waals surface area contributed by atoms with Crippen molar-refractivity contribution >= 4 is 17.7 Å². The molecule has 2 rings (SSSR count). The number of aliphatic hydroxyl groups is 1. The molecule has 174 valence electrons. The summed E-state index contributed by atoms with van der Waals surface area (Å²) in [7, 11) is 0. The Morgan fingerprint density at radius 2 is 1.61 bits per heavy atom. The molecule has 2 atom stereocenters. The monoisotopic (exact) mass is 454 g/mol. The van der Waals surface area contributed by atoms with Gasteiger partial charge in [-0.25, -0.2) is 5.48 Å². The number of hydroxylamine groups is 1. The summed E-state index contributed by atoms with van der Waals surface area (Å²) in [5.41, 5.74) is 8.37. The summed E-state index contributed by atoms with van der Waals surface area (Å²) in [6.45, 7) is 1.97. The highest BCUT2D eigenvalue weighted by atomic mass is 16.5. The lowest BCUT2D eigenvalue weighted by Gasteiger charge is -2.19. The van der Waals surface area contributed by atoms with E-state index in [-0.39, 0.29) is 18.1 Å². The maximum Gasteiger partial charge on any atom is 0.268 e. The summed E-state index contributed by atoms with van der Waals surface area (Å²) in [6.07, 6.45) is -1.20. The molecule has 0 unspecified atom stereocenters. The molecule has 0 aliphatic rings. The normalized spacial score (nSPS) is 11.9. The van der Waals surface area contributed by atoms with Crippen molar-refractivity contribution < 1.29 is 29.4 Å². The van der Waals surface area contributed by atoms with E-state index in [1.807, 2.05) is 0 Å². The zero-order chi connectivity index (χ0) is 24.2. The molecule has 0 bridgehead atoms. The van der Waals surface area contributed by atoms with Crippen molar-refractivity contribution in [2.45, 2.75) is 19.1 Å². The third-order valence-corrected chi connectivity index (χ3v) is 4.35. The number of rotatable bonds is 9. The highest BCUT2D eigenvalue weighted by Crippen LogP contribution is 2.12. The van der Waals surface area contributed by atoms with E-state index >= 15 is 0 Å². The average Bonchev–Trinajstić information content (AvgIpc) is 2.83. The van der Waals surface area contributed by atoms with Crippen LogP contribution in [0.4, 0.5) is 0 Å². The first-order chi connectivity index (χ1) is 15.8. The van der Waals surface area contributed by atoms with Crippen LogP contribution in [0.2, 0.25) is 0 Å². The number of ether oxygens (including phenoxy) is 1. The number of carbonyl (C=O) groups excluding carboxylic acids is 3. The first-order valence-electron chi connectivity index (χ1n) is 10.1. The number of hydrogen-bond acceptors (Lipinski definition) is 7. The second kappa shape index (κ2) is 12.8. The van der Waals surface area contributed by atoms with E-state index in [4.69, 9.17) is 15.7 Å². The Morgan fingerprint density at radius 1 is 1.03 bits per heavy atom. The van der Waals surface area contributed by atoms with Crippen LogP contribution >= 0.6 is 0 Å². The van der Waals surface area contributed by atoms with Gasteiger partial charge in [0, 0.05) is 29.8 Å². The van der Waals surface area contributed by atoms with Gasteiger partial charge in [0.1, 0.15) is 11.8 Å². The summed E-state index contributed by atoms with van der Waals surface area (Å²) in [4.78, 5) is 35.3. The Kier molecular flexibility index (Phi) is 9.85. The number of nitrogens with one attached hydrogen (secondary N) is 3. The van der Waals surface area contributed by atoms with Gasteiger partial charge in [0.15, 0.2) is 6.61 Å². The molecule has 33 heavy (non-hydrogen) atoms. The van der Waals surface area contributed by atoms with E-state index in [0.29, 0.717) is 24.4 Å². The second-order valence-electron chi connectivity index (χ2n) is 6.95. The van der Waals surface area contributed by atoms with Gasteiger partial charge in [-0.15, -0.1) is 0 Å². The molecular weight excluding hydrogens is 428 g/mol. The average molecular weight is 454 g/mol. The largest absolute Gasteiger partial charge is 0.484 e. The van der Waals surface area contributed by atoms with Crippen molar-refractivity contribution in [2.24, 2.45) is 5.73 Å². The lowest BCUT2D eigenvalue weighted by atomic mass is 10.1. The second-order valence-corrected chi connectivity index (χ2v) is 6.95. The fourth-order valence-electron chi connectivity index (χ4n) is 2.59. The minimum Gasteiger partial charge on any atom is -0.484 e. The topological polar surface area (TPSA) is 163 Å². The number of benzene rings is 2. The fourth-order valence-corrected chi connectivity index (χ4v) is 2.59.